The molecule has 1 rings (SSSR count). The van der Waals surface area contributed by atoms with Crippen LogP contribution in [0.2, 0.25) is 0 Å². The first kappa shape index (κ1) is 27.5. The number of hydrogen-bond acceptors (Lipinski definition) is 3. The zero-order valence-corrected chi connectivity index (χ0v) is 14.8. The molecule has 0 amide bonds. The van der Waals surface area contributed by atoms with E-state index in [0.717, 1.165) is 13.8 Å². The molecule has 9 heteroatoms. The van der Waals surface area contributed by atoms with E-state index in [4.69, 9.17) is 44.4 Å². The largest absolute Gasteiger partial charge is 0.693 e. The van der Waals surface area contributed by atoms with Crippen molar-refractivity contribution >= 4 is 30.8 Å². The third-order valence-corrected chi connectivity index (χ3v) is 1.65. The van der Waals surface area contributed by atoms with Crippen LogP contribution in [-0.4, -0.2) is 28.2 Å². The summed E-state index contributed by atoms with van der Waals surface area (Å²) in [5.41, 5.74) is 5.63. The van der Waals surface area contributed by atoms with Crippen molar-refractivity contribution in [2.45, 2.75) is 52.0 Å². The van der Waals surface area contributed by atoms with Crippen LogP contribution in [0.3, 0.4) is 0 Å². The van der Waals surface area contributed by atoms with Gasteiger partial charge < -0.3 is 22.1 Å². The molecular formula is C10H23Cl2N2O4Pt-. The van der Waals surface area contributed by atoms with Gasteiger partial charge in [-0.25, -0.2) is 0 Å². The second-order valence-electron chi connectivity index (χ2n) is 3.48. The first-order valence-electron chi connectivity index (χ1n) is 5.24. The molecule has 6 N–H and O–H groups in total. The Morgan fingerprint density at radius 3 is 1.37 bits per heavy atom. The predicted octanol–water partition coefficient (Wildman–Crippen LogP) is 3.55. The van der Waals surface area contributed by atoms with Crippen molar-refractivity contribution < 1.29 is 36.3 Å². The molecule has 19 heavy (non-hydrogen) atoms. The summed E-state index contributed by atoms with van der Waals surface area (Å²) in [5.74, 6) is -1.67. The minimum absolute atomic E-state index is 0. The maximum atomic E-state index is 9.00. The molecule has 0 radical (unpaired) electrons. The van der Waals surface area contributed by atoms with Gasteiger partial charge in [-0.3, -0.25) is 9.59 Å². The van der Waals surface area contributed by atoms with E-state index >= 15 is 0 Å². The van der Waals surface area contributed by atoms with Crippen molar-refractivity contribution in [3.63, 3.8) is 0 Å². The summed E-state index contributed by atoms with van der Waals surface area (Å²) >= 11 is -0.472. The third kappa shape index (κ3) is 71.4. The molecule has 0 unspecified atom stereocenters. The summed E-state index contributed by atoms with van der Waals surface area (Å²) < 4.78 is 0. The maximum absolute atomic E-state index is 9.00. The van der Waals surface area contributed by atoms with Gasteiger partial charge >= 0.3 is 35.3 Å². The number of rotatable bonds is 0. The number of aliphatic carboxylic acids is 2. The Kier molecular flexibility index (Phi) is 33.6. The second kappa shape index (κ2) is 23.2. The summed E-state index contributed by atoms with van der Waals surface area (Å²) in [5, 5.41) is 14.8. The Morgan fingerprint density at radius 2 is 1.26 bits per heavy atom. The van der Waals surface area contributed by atoms with Gasteiger partial charge in [-0.1, -0.05) is 19.3 Å². The van der Waals surface area contributed by atoms with Gasteiger partial charge in [-0.05, 0) is 12.8 Å². The summed E-state index contributed by atoms with van der Waals surface area (Å²) in [7, 11) is 9.75. The molecule has 1 aliphatic rings. The molecule has 0 saturated heterocycles. The van der Waals surface area contributed by atoms with E-state index in [1.807, 2.05) is 0 Å². The fourth-order valence-electron chi connectivity index (χ4n) is 1.13. The van der Waals surface area contributed by atoms with Crippen LogP contribution in [0.4, 0.5) is 0 Å². The Hall–Kier alpha value is 0.128. The smallest absolute Gasteiger partial charge is 0.693 e. The van der Waals surface area contributed by atoms with Crippen LogP contribution in [0.1, 0.15) is 46.0 Å². The Bertz CT molecular complexity index is 186. The molecule has 0 atom stereocenters. The van der Waals surface area contributed by atoms with Gasteiger partial charge in [0.1, 0.15) is 0 Å². The average Bonchev–Trinajstić information content (AvgIpc) is 2.18. The normalized spacial score (nSPS) is 13.1. The third-order valence-electron chi connectivity index (χ3n) is 1.65. The van der Waals surface area contributed by atoms with E-state index in [0.29, 0.717) is 6.04 Å². The van der Waals surface area contributed by atoms with Crippen LogP contribution in [-0.2, 0) is 26.1 Å². The molecule has 0 spiro atoms. The van der Waals surface area contributed by atoms with Crippen molar-refractivity contribution in [1.29, 1.82) is 0 Å². The second-order valence-corrected chi connectivity index (χ2v) is 6.76. The fraction of sp³-hybridized carbons (Fsp3) is 0.800. The Morgan fingerprint density at radius 1 is 1.05 bits per heavy atom. The van der Waals surface area contributed by atoms with Crippen LogP contribution >= 0.6 is 18.8 Å². The minimum atomic E-state index is -0.833. The number of hydrogen-bond donors (Lipinski definition) is 3. The standard InChI is InChI=1S/C6H13N.2C2H4O2.2ClH.H2N.Pt/c7-6-4-2-1-3-5-6;2*1-2(3)4;;;;/h6H,1-5,7H2;2*1H3,(H,3,4);2*1H;1H2;/q;;;;;-1;+2/p-2. The van der Waals surface area contributed by atoms with Crippen LogP contribution in [0.15, 0.2) is 0 Å². The van der Waals surface area contributed by atoms with Gasteiger partial charge in [-0.2, -0.15) is 0 Å². The molecule has 1 fully saturated rings. The predicted molar refractivity (Wildman–Crippen MR) is 74.7 cm³/mol. The molecule has 1 aliphatic carbocycles. The molecule has 0 heterocycles. The molecular weight excluding hydrogens is 478 g/mol. The van der Waals surface area contributed by atoms with Crippen LogP contribution in [0.5, 0.6) is 0 Å². The Balaban J connectivity index is -0.0000000831. The van der Waals surface area contributed by atoms with Gasteiger partial charge in [0.25, 0.3) is 11.9 Å². The molecule has 6 nitrogen and oxygen atoms in total. The summed E-state index contributed by atoms with van der Waals surface area (Å²) in [4.78, 5) is 18.0. The van der Waals surface area contributed by atoms with Gasteiger partial charge in [0, 0.05) is 19.9 Å². The number of carboxylic acids is 2. The van der Waals surface area contributed by atoms with E-state index in [2.05, 4.69) is 0 Å². The summed E-state index contributed by atoms with van der Waals surface area (Å²) in [6.07, 6.45) is 6.66. The number of carboxylic acid groups (broad SMARTS) is 2. The minimum Gasteiger partial charge on any atom is -0.693 e. The number of nitrogens with two attached hydrogens (primary N) is 2. The van der Waals surface area contributed by atoms with Crippen LogP contribution in [0.25, 0.3) is 6.15 Å². The first-order chi connectivity index (χ1) is 8.27. The van der Waals surface area contributed by atoms with Gasteiger partial charge in [0.05, 0.1) is 0 Å². The first-order valence-corrected chi connectivity index (χ1v) is 10.9. The van der Waals surface area contributed by atoms with Gasteiger partial charge in [0.2, 0.25) is 0 Å². The monoisotopic (exact) mass is 500 g/mol. The molecule has 0 aromatic rings. The summed E-state index contributed by atoms with van der Waals surface area (Å²) in [6.45, 7) is 2.17. The molecule has 0 bridgehead atoms. The Labute approximate surface area is 131 Å². The average molecular weight is 501 g/mol. The molecule has 122 valence electrons. The summed E-state index contributed by atoms with van der Waals surface area (Å²) in [6, 6.07) is 0.536. The van der Waals surface area contributed by atoms with Crippen LogP contribution < -0.4 is 5.73 Å². The van der Waals surface area contributed by atoms with E-state index in [1.165, 1.54) is 32.1 Å². The van der Waals surface area contributed by atoms with Gasteiger partial charge in [0.15, 0.2) is 0 Å². The zero-order chi connectivity index (χ0) is 15.0. The molecule has 0 aromatic carbocycles. The van der Waals surface area contributed by atoms with Crippen molar-refractivity contribution in [2.75, 3.05) is 0 Å². The molecule has 1 saturated carbocycles. The number of halogens is 2. The van der Waals surface area contributed by atoms with E-state index in [-0.39, 0.29) is 6.15 Å². The van der Waals surface area contributed by atoms with Crippen LogP contribution in [0, 0.1) is 0 Å². The van der Waals surface area contributed by atoms with Crippen molar-refractivity contribution in [1.82, 2.24) is 0 Å². The topological polar surface area (TPSA) is 134 Å². The molecule has 0 aromatic heterocycles. The van der Waals surface area contributed by atoms with E-state index in [1.54, 1.807) is 0 Å². The SMILES string of the molecule is CC(=O)O.CC(=O)O.NC1CCCCC1.[Cl][Pt][Cl].[NH2-]. The van der Waals surface area contributed by atoms with Crippen molar-refractivity contribution in [3.05, 3.63) is 6.15 Å². The van der Waals surface area contributed by atoms with Gasteiger partial charge in [-0.15, -0.1) is 0 Å². The quantitative estimate of drug-likeness (QED) is 0.467. The maximum Gasteiger partial charge on any atom is -0.693 e. The van der Waals surface area contributed by atoms with E-state index < -0.39 is 28.4 Å². The fourth-order valence-corrected chi connectivity index (χ4v) is 1.13. The molecule has 0 aliphatic heterocycles. The van der Waals surface area contributed by atoms with Crippen molar-refractivity contribution in [3.8, 4) is 0 Å². The zero-order valence-electron chi connectivity index (χ0n) is 11.1. The number of carbonyl (C=O) groups is 2. The van der Waals surface area contributed by atoms with E-state index in [9.17, 15) is 0 Å². The van der Waals surface area contributed by atoms with Crippen molar-refractivity contribution in [2.24, 2.45) is 5.73 Å².